The summed E-state index contributed by atoms with van der Waals surface area (Å²) in [6, 6.07) is 16.8. The van der Waals surface area contributed by atoms with E-state index in [9.17, 15) is 8.42 Å². The Morgan fingerprint density at radius 3 is 2.47 bits per heavy atom. The Morgan fingerprint density at radius 2 is 1.80 bits per heavy atom. The van der Waals surface area contributed by atoms with Crippen LogP contribution in [0.1, 0.15) is 18.3 Å². The minimum atomic E-state index is -3.17. The van der Waals surface area contributed by atoms with E-state index in [0.717, 1.165) is 30.0 Å². The number of nitrogens with zero attached hydrogens (tertiary/aromatic N) is 4. The number of guanidine groups is 1. The van der Waals surface area contributed by atoms with E-state index in [1.165, 1.54) is 6.26 Å². The Morgan fingerprint density at radius 1 is 1.07 bits per heavy atom. The molecule has 1 aromatic heterocycles. The van der Waals surface area contributed by atoms with Crippen molar-refractivity contribution in [2.45, 2.75) is 24.8 Å². The van der Waals surface area contributed by atoms with Crippen LogP contribution in [0.3, 0.4) is 0 Å². The molecule has 0 spiro atoms. The highest BCUT2D eigenvalue weighted by Gasteiger charge is 2.08. The van der Waals surface area contributed by atoms with Crippen molar-refractivity contribution in [1.29, 1.82) is 0 Å². The second-order valence-corrected chi connectivity index (χ2v) is 8.76. The van der Waals surface area contributed by atoms with Crippen LogP contribution in [0.5, 0.6) is 0 Å². The largest absolute Gasteiger partial charge is 0.357 e. The number of sulfone groups is 1. The van der Waals surface area contributed by atoms with E-state index in [0.29, 0.717) is 23.9 Å². The summed E-state index contributed by atoms with van der Waals surface area (Å²) in [7, 11) is -3.17. The lowest BCUT2D eigenvalue weighted by molar-refractivity contribution is 0.602. The van der Waals surface area contributed by atoms with Gasteiger partial charge in [-0.1, -0.05) is 30.3 Å². The maximum Gasteiger partial charge on any atom is 0.191 e. The van der Waals surface area contributed by atoms with Gasteiger partial charge in [0.15, 0.2) is 21.6 Å². The van der Waals surface area contributed by atoms with Crippen molar-refractivity contribution in [2.24, 2.45) is 4.99 Å². The van der Waals surface area contributed by atoms with Gasteiger partial charge in [0.05, 0.1) is 4.90 Å². The second-order valence-electron chi connectivity index (χ2n) is 6.74. The monoisotopic (exact) mass is 426 g/mol. The molecule has 0 saturated carbocycles. The van der Waals surface area contributed by atoms with Gasteiger partial charge in [0.2, 0.25) is 0 Å². The van der Waals surface area contributed by atoms with Crippen molar-refractivity contribution in [3.8, 4) is 5.69 Å². The second kappa shape index (κ2) is 10.0. The van der Waals surface area contributed by atoms with Gasteiger partial charge < -0.3 is 10.6 Å². The van der Waals surface area contributed by atoms with E-state index in [1.54, 1.807) is 18.5 Å². The third kappa shape index (κ3) is 5.90. The fourth-order valence-electron chi connectivity index (χ4n) is 2.89. The van der Waals surface area contributed by atoms with Gasteiger partial charge in [0.25, 0.3) is 0 Å². The van der Waals surface area contributed by atoms with E-state index in [-0.39, 0.29) is 0 Å². The summed E-state index contributed by atoms with van der Waals surface area (Å²) in [6.07, 6.45) is 3.64. The lowest BCUT2D eigenvalue weighted by Crippen LogP contribution is -2.38. The first-order valence-corrected chi connectivity index (χ1v) is 11.6. The first kappa shape index (κ1) is 21.5. The number of hydrogen-bond acceptors (Lipinski definition) is 5. The molecule has 0 bridgehead atoms. The van der Waals surface area contributed by atoms with E-state index in [4.69, 9.17) is 0 Å². The van der Waals surface area contributed by atoms with Gasteiger partial charge in [0.1, 0.15) is 12.9 Å². The number of benzene rings is 2. The molecule has 0 saturated heterocycles. The lowest BCUT2D eigenvalue weighted by Gasteiger charge is -2.12. The number of nitrogens with one attached hydrogen (secondary N) is 2. The molecule has 0 amide bonds. The zero-order valence-electron chi connectivity index (χ0n) is 17.1. The maximum atomic E-state index is 11.6. The van der Waals surface area contributed by atoms with Gasteiger partial charge in [-0.2, -0.15) is 0 Å². The summed E-state index contributed by atoms with van der Waals surface area (Å²) in [5, 5.41) is 14.7. The molecule has 8 nitrogen and oxygen atoms in total. The van der Waals surface area contributed by atoms with Crippen LogP contribution < -0.4 is 10.6 Å². The Labute approximate surface area is 177 Å². The van der Waals surface area contributed by atoms with E-state index >= 15 is 0 Å². The Kier molecular flexibility index (Phi) is 7.18. The van der Waals surface area contributed by atoms with Crippen LogP contribution in [0.2, 0.25) is 0 Å². The molecule has 1 heterocycles. The van der Waals surface area contributed by atoms with Crippen molar-refractivity contribution < 1.29 is 8.42 Å². The number of para-hydroxylation sites is 1. The topological polar surface area (TPSA) is 101 Å². The molecule has 0 atom stereocenters. The highest BCUT2D eigenvalue weighted by atomic mass is 32.2. The molecule has 0 aliphatic heterocycles. The molecule has 3 aromatic rings. The molecule has 9 heteroatoms. The van der Waals surface area contributed by atoms with Gasteiger partial charge >= 0.3 is 0 Å². The lowest BCUT2D eigenvalue weighted by atomic mass is 10.1. The van der Waals surface area contributed by atoms with Crippen molar-refractivity contribution in [1.82, 2.24) is 25.4 Å². The molecular weight excluding hydrogens is 400 g/mol. The molecule has 30 heavy (non-hydrogen) atoms. The van der Waals surface area contributed by atoms with Gasteiger partial charge in [-0.05, 0) is 43.2 Å². The number of aliphatic imine (C=N–C) groups is 1. The smallest absolute Gasteiger partial charge is 0.191 e. The fraction of sp³-hybridized carbons (Fsp3) is 0.286. The molecule has 158 valence electrons. The predicted molar refractivity (Wildman–Crippen MR) is 117 cm³/mol. The Hall–Kier alpha value is -3.20. The number of aromatic nitrogens is 3. The van der Waals surface area contributed by atoms with Crippen molar-refractivity contribution in [2.75, 3.05) is 19.3 Å². The number of hydrogen-bond donors (Lipinski definition) is 2. The molecule has 0 aliphatic carbocycles. The molecule has 0 fully saturated rings. The molecular formula is C21H26N6O2S. The van der Waals surface area contributed by atoms with Crippen LogP contribution in [-0.4, -0.2) is 48.5 Å². The summed E-state index contributed by atoms with van der Waals surface area (Å²) in [5.41, 5.74) is 2.04. The van der Waals surface area contributed by atoms with Crippen molar-refractivity contribution in [3.63, 3.8) is 0 Å². The molecule has 0 aliphatic rings. The zero-order chi connectivity index (χ0) is 21.4. The summed E-state index contributed by atoms with van der Waals surface area (Å²) in [4.78, 5) is 4.94. The highest BCUT2D eigenvalue weighted by molar-refractivity contribution is 7.90. The standard InChI is InChI=1S/C21H26N6O2S/c1-3-22-21(23-14-13-17-9-11-19(12-10-17)30(2,28)29)24-15-20-26-25-16-27(20)18-7-5-4-6-8-18/h4-12,16H,3,13-15H2,1-2H3,(H2,22,23,24). The van der Waals surface area contributed by atoms with Crippen molar-refractivity contribution in [3.05, 3.63) is 72.3 Å². The number of rotatable bonds is 8. The van der Waals surface area contributed by atoms with Gasteiger partial charge in [-0.25, -0.2) is 13.4 Å². The fourth-order valence-corrected chi connectivity index (χ4v) is 3.52. The van der Waals surface area contributed by atoms with E-state index < -0.39 is 9.84 Å². The predicted octanol–water partition coefficient (Wildman–Crippen LogP) is 1.97. The zero-order valence-corrected chi connectivity index (χ0v) is 17.9. The SMILES string of the molecule is CCNC(=NCc1nncn1-c1ccccc1)NCCc1ccc(S(C)(=O)=O)cc1. The highest BCUT2D eigenvalue weighted by Crippen LogP contribution is 2.11. The minimum absolute atomic E-state index is 0.330. The van der Waals surface area contributed by atoms with Crippen LogP contribution in [0.25, 0.3) is 5.69 Å². The van der Waals surface area contributed by atoms with Crippen LogP contribution >= 0.6 is 0 Å². The first-order valence-electron chi connectivity index (χ1n) is 9.73. The molecule has 0 unspecified atom stereocenters. The van der Waals surface area contributed by atoms with Crippen LogP contribution in [0, 0.1) is 0 Å². The summed E-state index contributed by atoms with van der Waals surface area (Å²) in [5.74, 6) is 1.43. The Bertz CT molecular complexity index is 1080. The average Bonchev–Trinajstić information content (AvgIpc) is 3.21. The van der Waals surface area contributed by atoms with E-state index in [1.807, 2.05) is 54.0 Å². The summed E-state index contributed by atoms with van der Waals surface area (Å²) in [6.45, 7) is 3.79. The van der Waals surface area contributed by atoms with Gasteiger partial charge in [-0.15, -0.1) is 10.2 Å². The molecule has 0 radical (unpaired) electrons. The summed E-state index contributed by atoms with van der Waals surface area (Å²) < 4.78 is 25.0. The van der Waals surface area contributed by atoms with Crippen LogP contribution in [0.4, 0.5) is 0 Å². The van der Waals surface area contributed by atoms with Gasteiger partial charge in [-0.3, -0.25) is 4.57 Å². The summed E-state index contributed by atoms with van der Waals surface area (Å²) >= 11 is 0. The van der Waals surface area contributed by atoms with E-state index in [2.05, 4.69) is 25.8 Å². The molecule has 3 rings (SSSR count). The average molecular weight is 427 g/mol. The third-order valence-electron chi connectivity index (χ3n) is 4.43. The van der Waals surface area contributed by atoms with Gasteiger partial charge in [0, 0.05) is 25.0 Å². The third-order valence-corrected chi connectivity index (χ3v) is 5.56. The first-order chi connectivity index (χ1) is 14.5. The Balaban J connectivity index is 1.60. The molecule has 2 aromatic carbocycles. The normalized spacial score (nSPS) is 12.0. The molecule has 2 N–H and O–H groups in total. The van der Waals surface area contributed by atoms with Crippen molar-refractivity contribution >= 4 is 15.8 Å². The maximum absolute atomic E-state index is 11.6. The quantitative estimate of drug-likeness (QED) is 0.422. The van der Waals surface area contributed by atoms with Crippen LogP contribution in [0.15, 0.2) is 70.8 Å². The minimum Gasteiger partial charge on any atom is -0.357 e. The van der Waals surface area contributed by atoms with Crippen LogP contribution in [-0.2, 0) is 22.8 Å².